The van der Waals surface area contributed by atoms with E-state index in [9.17, 15) is 9.59 Å². The van der Waals surface area contributed by atoms with E-state index in [2.05, 4.69) is 10.1 Å². The zero-order chi connectivity index (χ0) is 15.1. The molecule has 0 radical (unpaired) electrons. The van der Waals surface area contributed by atoms with Gasteiger partial charge in [0.25, 0.3) is 0 Å². The maximum absolute atomic E-state index is 11.8. The van der Waals surface area contributed by atoms with E-state index in [0.29, 0.717) is 5.69 Å². The Labute approximate surface area is 127 Å². The van der Waals surface area contributed by atoms with E-state index >= 15 is 0 Å². The molecule has 0 bridgehead atoms. The monoisotopic (exact) mass is 301 g/mol. The summed E-state index contributed by atoms with van der Waals surface area (Å²) in [7, 11) is 1.35. The first kappa shape index (κ1) is 15.0. The molecule has 0 aliphatic carbocycles. The summed E-state index contributed by atoms with van der Waals surface area (Å²) in [4.78, 5) is 24.1. The normalized spacial score (nSPS) is 10.5. The third-order valence-corrected chi connectivity index (χ3v) is 3.55. The molecule has 5 heteroatoms. The van der Waals surface area contributed by atoms with Crippen molar-refractivity contribution in [3.63, 3.8) is 0 Å². The first-order valence-corrected chi connectivity index (χ1v) is 7.23. The van der Waals surface area contributed by atoms with Gasteiger partial charge in [-0.05, 0) is 35.2 Å². The molecule has 1 heterocycles. The largest absolute Gasteiger partial charge is 0.469 e. The van der Waals surface area contributed by atoms with Crippen LogP contribution in [0.15, 0.2) is 47.9 Å². The molecule has 4 nitrogen and oxygen atoms in total. The van der Waals surface area contributed by atoms with Crippen molar-refractivity contribution in [1.29, 1.82) is 0 Å². The fraction of sp³-hybridized carbons (Fsp3) is 0.125. The Hall–Kier alpha value is -2.40. The Bertz CT molecular complexity index is 647. The number of hydrogen-bond donors (Lipinski definition) is 1. The number of anilines is 1. The number of rotatable bonds is 5. The van der Waals surface area contributed by atoms with Crippen LogP contribution in [0.1, 0.15) is 10.4 Å². The van der Waals surface area contributed by atoms with Crippen LogP contribution in [0.4, 0.5) is 5.69 Å². The number of amides is 1. The van der Waals surface area contributed by atoms with Gasteiger partial charge in [-0.2, -0.15) is 0 Å². The Morgan fingerprint density at radius 3 is 2.86 bits per heavy atom. The highest BCUT2D eigenvalue weighted by atomic mass is 32.1. The zero-order valence-electron chi connectivity index (χ0n) is 11.5. The van der Waals surface area contributed by atoms with Gasteiger partial charge in [0.1, 0.15) is 0 Å². The van der Waals surface area contributed by atoms with Gasteiger partial charge in [-0.25, -0.2) is 0 Å². The van der Waals surface area contributed by atoms with Crippen LogP contribution in [-0.2, 0) is 20.7 Å². The third-order valence-electron chi connectivity index (χ3n) is 2.71. The van der Waals surface area contributed by atoms with E-state index in [4.69, 9.17) is 0 Å². The van der Waals surface area contributed by atoms with E-state index < -0.39 is 0 Å². The van der Waals surface area contributed by atoms with Gasteiger partial charge in [-0.3, -0.25) is 9.59 Å². The molecule has 21 heavy (non-hydrogen) atoms. The van der Waals surface area contributed by atoms with Gasteiger partial charge in [-0.15, -0.1) is 11.3 Å². The number of hydrogen-bond acceptors (Lipinski definition) is 4. The summed E-state index contributed by atoms with van der Waals surface area (Å²) in [5.74, 6) is -0.519. The lowest BCUT2D eigenvalue weighted by atomic mass is 10.1. The minimum absolute atomic E-state index is 0.186. The average molecular weight is 301 g/mol. The quantitative estimate of drug-likeness (QED) is 0.682. The first-order valence-electron chi connectivity index (χ1n) is 6.35. The number of esters is 1. The summed E-state index contributed by atoms with van der Waals surface area (Å²) in [6.07, 6.45) is 3.43. The Kier molecular flexibility index (Phi) is 5.29. The maximum Gasteiger partial charge on any atom is 0.309 e. The lowest BCUT2D eigenvalue weighted by Crippen LogP contribution is -2.09. The van der Waals surface area contributed by atoms with Crippen molar-refractivity contribution in [1.82, 2.24) is 0 Å². The lowest BCUT2D eigenvalue weighted by Gasteiger charge is -2.05. The van der Waals surface area contributed by atoms with Crippen LogP contribution in [0, 0.1) is 0 Å². The summed E-state index contributed by atoms with van der Waals surface area (Å²) < 4.78 is 4.62. The molecule has 0 spiro atoms. The topological polar surface area (TPSA) is 55.4 Å². The molecule has 1 N–H and O–H groups in total. The van der Waals surface area contributed by atoms with Crippen LogP contribution in [0.25, 0.3) is 6.08 Å². The summed E-state index contributed by atoms with van der Waals surface area (Å²) in [6.45, 7) is 0. The van der Waals surface area contributed by atoms with E-state index in [0.717, 1.165) is 10.4 Å². The van der Waals surface area contributed by atoms with Gasteiger partial charge in [-0.1, -0.05) is 18.2 Å². The summed E-state index contributed by atoms with van der Waals surface area (Å²) in [5, 5.41) is 4.72. The highest BCUT2D eigenvalue weighted by molar-refractivity contribution is 7.10. The van der Waals surface area contributed by atoms with Gasteiger partial charge in [0.2, 0.25) is 5.91 Å². The molecule has 0 atom stereocenters. The number of nitrogens with one attached hydrogen (secondary N) is 1. The second-order valence-electron chi connectivity index (χ2n) is 4.29. The first-order chi connectivity index (χ1) is 10.2. The number of carbonyl (C=O) groups is 2. The second-order valence-corrected chi connectivity index (χ2v) is 5.27. The molecular formula is C16H15NO3S. The highest BCUT2D eigenvalue weighted by Gasteiger charge is 2.04. The number of thiophene rings is 1. The van der Waals surface area contributed by atoms with Gasteiger partial charge >= 0.3 is 5.97 Å². The SMILES string of the molecule is COC(=O)Cc1cccc(NC(=O)C=Cc2cccs2)c1. The second kappa shape index (κ2) is 7.40. The zero-order valence-corrected chi connectivity index (χ0v) is 12.4. The Morgan fingerprint density at radius 2 is 2.14 bits per heavy atom. The molecule has 0 fully saturated rings. The molecule has 0 saturated heterocycles. The van der Waals surface area contributed by atoms with Crippen LogP contribution in [0.3, 0.4) is 0 Å². The summed E-state index contributed by atoms with van der Waals surface area (Å²) >= 11 is 1.56. The van der Waals surface area contributed by atoms with Crippen molar-refractivity contribution >= 4 is 35.0 Å². The molecule has 1 amide bonds. The van der Waals surface area contributed by atoms with E-state index in [1.165, 1.54) is 13.2 Å². The number of benzene rings is 1. The summed E-state index contributed by atoms with van der Waals surface area (Å²) in [5.41, 5.74) is 1.44. The van der Waals surface area contributed by atoms with Crippen molar-refractivity contribution in [3.8, 4) is 0 Å². The van der Waals surface area contributed by atoms with E-state index in [1.54, 1.807) is 35.6 Å². The smallest absolute Gasteiger partial charge is 0.309 e. The predicted molar refractivity (Wildman–Crippen MR) is 84.1 cm³/mol. The minimum Gasteiger partial charge on any atom is -0.469 e. The molecule has 2 aromatic rings. The van der Waals surface area contributed by atoms with Gasteiger partial charge in [0, 0.05) is 16.6 Å². The molecule has 2 rings (SSSR count). The average Bonchev–Trinajstić information content (AvgIpc) is 2.98. The standard InChI is InChI=1S/C16H15NO3S/c1-20-16(19)11-12-4-2-5-13(10-12)17-15(18)8-7-14-6-3-9-21-14/h2-10H,11H2,1H3,(H,17,18). The maximum atomic E-state index is 11.8. The minimum atomic E-state index is -0.309. The van der Waals surface area contributed by atoms with Crippen LogP contribution in [-0.4, -0.2) is 19.0 Å². The highest BCUT2D eigenvalue weighted by Crippen LogP contribution is 2.13. The Morgan fingerprint density at radius 1 is 1.29 bits per heavy atom. The van der Waals surface area contributed by atoms with Crippen molar-refractivity contribution in [2.24, 2.45) is 0 Å². The fourth-order valence-electron chi connectivity index (χ4n) is 1.73. The summed E-state index contributed by atoms with van der Waals surface area (Å²) in [6, 6.07) is 11.0. The number of carbonyl (C=O) groups excluding carboxylic acids is 2. The molecule has 0 aliphatic rings. The number of methoxy groups -OCH3 is 1. The molecule has 108 valence electrons. The van der Waals surface area contributed by atoms with E-state index in [1.807, 2.05) is 23.6 Å². The molecule has 1 aromatic heterocycles. The molecule has 0 saturated carbocycles. The molecular weight excluding hydrogens is 286 g/mol. The van der Waals surface area contributed by atoms with Crippen molar-refractivity contribution in [3.05, 3.63) is 58.3 Å². The van der Waals surface area contributed by atoms with Gasteiger partial charge in [0.05, 0.1) is 13.5 Å². The molecule has 1 aromatic carbocycles. The number of ether oxygens (including phenoxy) is 1. The van der Waals surface area contributed by atoms with Crippen LogP contribution in [0.2, 0.25) is 0 Å². The van der Waals surface area contributed by atoms with Crippen molar-refractivity contribution in [2.75, 3.05) is 12.4 Å². The van der Waals surface area contributed by atoms with Crippen molar-refractivity contribution < 1.29 is 14.3 Å². The van der Waals surface area contributed by atoms with E-state index in [-0.39, 0.29) is 18.3 Å². The van der Waals surface area contributed by atoms with Crippen LogP contribution in [0.5, 0.6) is 0 Å². The molecule has 0 aliphatic heterocycles. The third kappa shape index (κ3) is 4.89. The van der Waals surface area contributed by atoms with Crippen molar-refractivity contribution in [2.45, 2.75) is 6.42 Å². The fourth-order valence-corrected chi connectivity index (χ4v) is 2.34. The van der Waals surface area contributed by atoms with Crippen LogP contribution >= 0.6 is 11.3 Å². The predicted octanol–water partition coefficient (Wildman–Crippen LogP) is 3.12. The van der Waals surface area contributed by atoms with Crippen LogP contribution < -0.4 is 5.32 Å². The van der Waals surface area contributed by atoms with Gasteiger partial charge < -0.3 is 10.1 Å². The molecule has 0 unspecified atom stereocenters. The lowest BCUT2D eigenvalue weighted by molar-refractivity contribution is -0.139. The Balaban J connectivity index is 1.97. The van der Waals surface area contributed by atoms with Gasteiger partial charge in [0.15, 0.2) is 0 Å².